The number of methoxy groups -OCH3 is 1. The third kappa shape index (κ3) is 3.84. The highest BCUT2D eigenvalue weighted by Gasteiger charge is 2.30. The maximum atomic E-state index is 12.9. The van der Waals surface area contributed by atoms with Crippen molar-refractivity contribution in [3.8, 4) is 22.6 Å². The Bertz CT molecular complexity index is 846. The van der Waals surface area contributed by atoms with Crippen LogP contribution in [0.25, 0.3) is 11.1 Å². The van der Waals surface area contributed by atoms with Gasteiger partial charge in [-0.25, -0.2) is 0 Å². The van der Waals surface area contributed by atoms with Gasteiger partial charge in [-0.05, 0) is 54.5 Å². The molecule has 1 amide bonds. The number of hydrogen-bond acceptors (Lipinski definition) is 5. The van der Waals surface area contributed by atoms with Crippen molar-refractivity contribution in [2.24, 2.45) is 0 Å². The van der Waals surface area contributed by atoms with Crippen LogP contribution < -0.4 is 9.47 Å². The highest BCUT2D eigenvalue weighted by molar-refractivity contribution is 7.98. The van der Waals surface area contributed by atoms with Crippen molar-refractivity contribution in [2.75, 3.05) is 33.1 Å². The number of rotatable bonds is 4. The van der Waals surface area contributed by atoms with Crippen LogP contribution >= 0.6 is 11.8 Å². The molecule has 1 atom stereocenters. The Morgan fingerprint density at radius 1 is 1.18 bits per heavy atom. The molecule has 1 saturated heterocycles. The van der Waals surface area contributed by atoms with Gasteiger partial charge in [0.05, 0.1) is 13.7 Å². The first-order valence-corrected chi connectivity index (χ1v) is 10.8. The molecule has 0 spiro atoms. The molecule has 0 aliphatic carbocycles. The lowest BCUT2D eigenvalue weighted by Gasteiger charge is -2.23. The zero-order valence-corrected chi connectivity index (χ0v) is 17.1. The van der Waals surface area contributed by atoms with Crippen LogP contribution in [0.5, 0.6) is 11.5 Å². The molecule has 0 bridgehead atoms. The number of carbonyl (C=O) groups is 1. The smallest absolute Gasteiger partial charge is 0.252 e. The van der Waals surface area contributed by atoms with Gasteiger partial charge in [-0.3, -0.25) is 4.79 Å². The van der Waals surface area contributed by atoms with Crippen LogP contribution in [0.2, 0.25) is 0 Å². The van der Waals surface area contributed by atoms with Gasteiger partial charge in [0.2, 0.25) is 0 Å². The average molecular weight is 400 g/mol. The lowest BCUT2D eigenvalue weighted by Crippen LogP contribution is -2.39. The largest absolute Gasteiger partial charge is 0.493 e. The average Bonchev–Trinajstić information content (AvgIpc) is 3.19. The Morgan fingerprint density at radius 3 is 2.68 bits per heavy atom. The van der Waals surface area contributed by atoms with E-state index in [1.54, 1.807) is 18.9 Å². The van der Waals surface area contributed by atoms with Crippen molar-refractivity contribution in [2.45, 2.75) is 30.4 Å². The first-order chi connectivity index (χ1) is 13.7. The first kappa shape index (κ1) is 19.2. The van der Waals surface area contributed by atoms with E-state index in [0.717, 1.165) is 35.3 Å². The monoisotopic (exact) mass is 399 g/mol. The number of benzene rings is 2. The second-order valence-corrected chi connectivity index (χ2v) is 7.88. The molecule has 0 saturated carbocycles. The molecular formula is C22H25NO4S. The molecule has 2 heterocycles. The highest BCUT2D eigenvalue weighted by Crippen LogP contribution is 2.39. The predicted molar refractivity (Wildman–Crippen MR) is 110 cm³/mol. The number of hydrogen-bond donors (Lipinski definition) is 0. The molecule has 148 valence electrons. The Labute approximate surface area is 170 Å². The molecule has 0 radical (unpaired) electrons. The van der Waals surface area contributed by atoms with Crippen molar-refractivity contribution in [1.29, 1.82) is 0 Å². The van der Waals surface area contributed by atoms with Crippen molar-refractivity contribution >= 4 is 17.7 Å². The number of carbonyl (C=O) groups excluding carboxylic acids is 1. The molecule has 5 nitrogen and oxygen atoms in total. The van der Waals surface area contributed by atoms with E-state index < -0.39 is 0 Å². The summed E-state index contributed by atoms with van der Waals surface area (Å²) in [7, 11) is 1.65. The molecule has 4 rings (SSSR count). The summed E-state index contributed by atoms with van der Waals surface area (Å²) in [4.78, 5) is 15.9. The van der Waals surface area contributed by atoms with Gasteiger partial charge in [0.15, 0.2) is 11.5 Å². The van der Waals surface area contributed by atoms with E-state index in [1.165, 1.54) is 4.90 Å². The Hall–Kier alpha value is -2.18. The van der Waals surface area contributed by atoms with E-state index in [0.29, 0.717) is 32.1 Å². The summed E-state index contributed by atoms with van der Waals surface area (Å²) in [5.41, 5.74) is 3.13. The third-order valence-corrected chi connectivity index (χ3v) is 6.00. The molecular weight excluding hydrogens is 374 g/mol. The molecule has 1 fully saturated rings. The van der Waals surface area contributed by atoms with Gasteiger partial charge >= 0.3 is 0 Å². The maximum Gasteiger partial charge on any atom is 0.252 e. The van der Waals surface area contributed by atoms with Crippen molar-refractivity contribution < 1.29 is 19.0 Å². The van der Waals surface area contributed by atoms with Crippen LogP contribution in [0.1, 0.15) is 18.4 Å². The third-order valence-electron chi connectivity index (χ3n) is 5.26. The van der Waals surface area contributed by atoms with Gasteiger partial charge in [0.25, 0.3) is 5.91 Å². The maximum absolute atomic E-state index is 12.9. The number of nitrogens with zero attached hydrogens (tertiary/aromatic N) is 1. The first-order valence-electron chi connectivity index (χ1n) is 9.58. The predicted octanol–water partition coefficient (Wildman–Crippen LogP) is 3.98. The van der Waals surface area contributed by atoms with E-state index in [9.17, 15) is 4.79 Å². The molecule has 28 heavy (non-hydrogen) atoms. The Balaban J connectivity index is 1.66. The van der Waals surface area contributed by atoms with Gasteiger partial charge in [-0.1, -0.05) is 12.1 Å². The number of fused-ring (bicyclic) bond motifs is 1. The summed E-state index contributed by atoms with van der Waals surface area (Å²) >= 11 is 1.72. The van der Waals surface area contributed by atoms with Gasteiger partial charge in [0, 0.05) is 23.6 Å². The van der Waals surface area contributed by atoms with Crippen LogP contribution in [-0.2, 0) is 16.1 Å². The summed E-state index contributed by atoms with van der Waals surface area (Å²) < 4.78 is 17.2. The Morgan fingerprint density at radius 2 is 2.00 bits per heavy atom. The molecule has 6 heteroatoms. The normalized spacial score (nSPS) is 18.9. The summed E-state index contributed by atoms with van der Waals surface area (Å²) in [5.74, 6) is 1.49. The van der Waals surface area contributed by atoms with Crippen LogP contribution in [0.4, 0.5) is 0 Å². The second-order valence-electron chi connectivity index (χ2n) is 7.01. The SMILES string of the molecule is COc1cc(-c2ccc(SC)cc2)cc2c1OCCN(C(=O)[C@@H]1CCCO1)C2. The van der Waals surface area contributed by atoms with E-state index in [-0.39, 0.29) is 12.0 Å². The van der Waals surface area contributed by atoms with Crippen molar-refractivity contribution in [1.82, 2.24) is 4.90 Å². The van der Waals surface area contributed by atoms with E-state index in [2.05, 4.69) is 36.6 Å². The topological polar surface area (TPSA) is 48.0 Å². The lowest BCUT2D eigenvalue weighted by atomic mass is 10.0. The molecule has 2 aliphatic heterocycles. The molecule has 0 unspecified atom stereocenters. The van der Waals surface area contributed by atoms with Gasteiger partial charge in [-0.2, -0.15) is 0 Å². The second kappa shape index (κ2) is 8.45. The fourth-order valence-electron chi connectivity index (χ4n) is 3.75. The molecule has 2 aromatic carbocycles. The van der Waals surface area contributed by atoms with Gasteiger partial charge < -0.3 is 19.1 Å². The number of amides is 1. The molecule has 0 aromatic heterocycles. The standard InChI is InChI=1S/C22H25NO4S/c1-25-20-13-16(15-5-7-18(28-2)8-6-15)12-17-14-23(9-11-27-21(17)20)22(24)19-4-3-10-26-19/h5-8,12-13,19H,3-4,9-11,14H2,1-2H3/t19-/m0/s1. The quantitative estimate of drug-likeness (QED) is 0.728. The molecule has 2 aliphatic rings. The summed E-state index contributed by atoms with van der Waals surface area (Å²) in [6.07, 6.45) is 3.50. The molecule has 2 aromatic rings. The van der Waals surface area contributed by atoms with Crippen molar-refractivity contribution in [3.05, 3.63) is 42.0 Å². The Kier molecular flexibility index (Phi) is 5.78. The zero-order valence-electron chi connectivity index (χ0n) is 16.3. The van der Waals surface area contributed by atoms with E-state index in [1.807, 2.05) is 11.0 Å². The minimum atomic E-state index is -0.314. The minimum Gasteiger partial charge on any atom is -0.493 e. The fraction of sp³-hybridized carbons (Fsp3) is 0.409. The van der Waals surface area contributed by atoms with Crippen molar-refractivity contribution in [3.63, 3.8) is 0 Å². The van der Waals surface area contributed by atoms with E-state index in [4.69, 9.17) is 14.2 Å². The number of thioether (sulfide) groups is 1. The lowest BCUT2D eigenvalue weighted by molar-refractivity contribution is -0.141. The number of ether oxygens (including phenoxy) is 3. The fourth-order valence-corrected chi connectivity index (χ4v) is 4.16. The van der Waals surface area contributed by atoms with Gasteiger partial charge in [0.1, 0.15) is 12.7 Å². The van der Waals surface area contributed by atoms with Crippen LogP contribution in [0, 0.1) is 0 Å². The van der Waals surface area contributed by atoms with Crippen LogP contribution in [0.15, 0.2) is 41.3 Å². The van der Waals surface area contributed by atoms with E-state index >= 15 is 0 Å². The summed E-state index contributed by atoms with van der Waals surface area (Å²) in [6.45, 7) is 2.17. The van der Waals surface area contributed by atoms with Gasteiger partial charge in [-0.15, -0.1) is 11.8 Å². The minimum absolute atomic E-state index is 0.0580. The van der Waals surface area contributed by atoms with Crippen LogP contribution in [0.3, 0.4) is 0 Å². The zero-order chi connectivity index (χ0) is 19.5. The van der Waals surface area contributed by atoms with Crippen LogP contribution in [-0.4, -0.2) is 50.0 Å². The highest BCUT2D eigenvalue weighted by atomic mass is 32.2. The summed E-state index contributed by atoms with van der Waals surface area (Å²) in [5, 5.41) is 0. The summed E-state index contributed by atoms with van der Waals surface area (Å²) in [6, 6.07) is 12.6. The molecule has 0 N–H and O–H groups in total.